The average molecular weight is 290 g/mol. The molecule has 0 atom stereocenters. The highest BCUT2D eigenvalue weighted by Gasteiger charge is 2.11. The van der Waals surface area contributed by atoms with Crippen molar-refractivity contribution >= 4 is 28.9 Å². The van der Waals surface area contributed by atoms with Gasteiger partial charge in [-0.3, -0.25) is 0 Å². The number of ether oxygens (including phenoxy) is 1. The van der Waals surface area contributed by atoms with Crippen molar-refractivity contribution in [2.45, 2.75) is 0 Å². The van der Waals surface area contributed by atoms with Crippen molar-refractivity contribution in [3.8, 4) is 11.5 Å². The van der Waals surface area contributed by atoms with Crippen LogP contribution in [0.15, 0.2) is 30.3 Å². The fourth-order valence-electron chi connectivity index (χ4n) is 1.31. The lowest BCUT2D eigenvalue weighted by molar-refractivity contribution is 0.443. The van der Waals surface area contributed by atoms with Crippen LogP contribution in [-0.4, -0.2) is 0 Å². The highest BCUT2D eigenvalue weighted by Crippen LogP contribution is 2.33. The first-order valence-corrected chi connectivity index (χ1v) is 5.60. The lowest BCUT2D eigenvalue weighted by Crippen LogP contribution is -1.95. The van der Waals surface area contributed by atoms with Gasteiger partial charge in [0.1, 0.15) is 5.82 Å². The van der Waals surface area contributed by atoms with Crippen LogP contribution in [0.3, 0.4) is 0 Å². The Morgan fingerprint density at radius 2 is 1.67 bits per heavy atom. The SMILES string of the molecule is Nc1cc(F)c(Cl)cc1Oc1ccc(Cl)cc1F. The summed E-state index contributed by atoms with van der Waals surface area (Å²) in [4.78, 5) is 0. The Kier molecular flexibility index (Phi) is 3.59. The van der Waals surface area contributed by atoms with Gasteiger partial charge >= 0.3 is 0 Å². The second-order valence-corrected chi connectivity index (χ2v) is 4.32. The minimum absolute atomic E-state index is 0.0197. The molecule has 2 nitrogen and oxygen atoms in total. The Morgan fingerprint density at radius 3 is 2.33 bits per heavy atom. The van der Waals surface area contributed by atoms with Gasteiger partial charge < -0.3 is 10.5 Å². The third-order valence-corrected chi connectivity index (χ3v) is 2.69. The summed E-state index contributed by atoms with van der Waals surface area (Å²) in [5.41, 5.74) is 5.57. The fourth-order valence-corrected chi connectivity index (χ4v) is 1.62. The van der Waals surface area contributed by atoms with Crippen molar-refractivity contribution in [3.05, 3.63) is 52.0 Å². The van der Waals surface area contributed by atoms with Gasteiger partial charge in [-0.05, 0) is 18.2 Å². The number of rotatable bonds is 2. The maximum absolute atomic E-state index is 13.5. The van der Waals surface area contributed by atoms with E-state index in [9.17, 15) is 8.78 Å². The quantitative estimate of drug-likeness (QED) is 0.817. The molecule has 18 heavy (non-hydrogen) atoms. The maximum Gasteiger partial charge on any atom is 0.167 e. The van der Waals surface area contributed by atoms with E-state index in [1.54, 1.807) is 0 Å². The summed E-state index contributed by atoms with van der Waals surface area (Å²) in [5.74, 6) is -1.32. The zero-order valence-corrected chi connectivity index (χ0v) is 10.4. The standard InChI is InChI=1S/C12H7Cl2F2NO/c13-6-1-2-11(9(16)3-6)18-12-4-7(14)8(15)5-10(12)17/h1-5H,17H2. The van der Waals surface area contributed by atoms with Crippen LogP contribution in [0.5, 0.6) is 11.5 Å². The molecule has 2 N–H and O–H groups in total. The molecule has 0 aromatic heterocycles. The maximum atomic E-state index is 13.5. The third kappa shape index (κ3) is 2.66. The molecule has 0 aliphatic heterocycles. The van der Waals surface area contributed by atoms with Crippen LogP contribution in [0.4, 0.5) is 14.5 Å². The molecule has 0 unspecified atom stereocenters. The molecule has 0 aliphatic rings. The van der Waals surface area contributed by atoms with Crippen LogP contribution in [0.1, 0.15) is 0 Å². The first-order chi connectivity index (χ1) is 8.47. The second kappa shape index (κ2) is 5.00. The molecule has 0 spiro atoms. The van der Waals surface area contributed by atoms with E-state index in [1.165, 1.54) is 18.2 Å². The predicted molar refractivity (Wildman–Crippen MR) is 67.3 cm³/mol. The minimum atomic E-state index is -0.668. The Bertz CT molecular complexity index is 605. The van der Waals surface area contributed by atoms with Gasteiger partial charge in [0.15, 0.2) is 17.3 Å². The van der Waals surface area contributed by atoms with E-state index in [-0.39, 0.29) is 27.2 Å². The topological polar surface area (TPSA) is 35.2 Å². The minimum Gasteiger partial charge on any atom is -0.452 e. The van der Waals surface area contributed by atoms with Gasteiger partial charge in [0, 0.05) is 17.2 Å². The van der Waals surface area contributed by atoms with Gasteiger partial charge in [-0.25, -0.2) is 8.78 Å². The van der Waals surface area contributed by atoms with Gasteiger partial charge in [-0.15, -0.1) is 0 Å². The molecular formula is C12H7Cl2F2NO. The molecule has 2 rings (SSSR count). The smallest absolute Gasteiger partial charge is 0.167 e. The van der Waals surface area contributed by atoms with E-state index in [4.69, 9.17) is 33.7 Å². The van der Waals surface area contributed by atoms with Crippen LogP contribution in [0, 0.1) is 11.6 Å². The van der Waals surface area contributed by atoms with Crippen molar-refractivity contribution in [2.24, 2.45) is 0 Å². The number of halogens is 4. The van der Waals surface area contributed by atoms with E-state index < -0.39 is 11.6 Å². The monoisotopic (exact) mass is 289 g/mol. The largest absolute Gasteiger partial charge is 0.452 e. The zero-order valence-electron chi connectivity index (χ0n) is 8.88. The second-order valence-electron chi connectivity index (χ2n) is 3.48. The molecule has 0 bridgehead atoms. The Hall–Kier alpha value is -1.52. The van der Waals surface area contributed by atoms with Crippen LogP contribution >= 0.6 is 23.2 Å². The molecule has 0 saturated heterocycles. The molecular weight excluding hydrogens is 283 g/mol. The highest BCUT2D eigenvalue weighted by molar-refractivity contribution is 6.31. The number of hydrogen-bond donors (Lipinski definition) is 1. The number of anilines is 1. The summed E-state index contributed by atoms with van der Waals surface area (Å²) in [6.45, 7) is 0. The highest BCUT2D eigenvalue weighted by atomic mass is 35.5. The number of hydrogen-bond acceptors (Lipinski definition) is 2. The van der Waals surface area contributed by atoms with Crippen molar-refractivity contribution in [1.82, 2.24) is 0 Å². The lowest BCUT2D eigenvalue weighted by atomic mass is 10.3. The van der Waals surface area contributed by atoms with Crippen molar-refractivity contribution in [1.29, 1.82) is 0 Å². The van der Waals surface area contributed by atoms with Gasteiger partial charge in [-0.2, -0.15) is 0 Å². The first kappa shape index (κ1) is 12.9. The van der Waals surface area contributed by atoms with E-state index in [1.807, 2.05) is 0 Å². The molecule has 0 heterocycles. The number of nitrogens with two attached hydrogens (primary N) is 1. The van der Waals surface area contributed by atoms with Crippen LogP contribution in [0.2, 0.25) is 10.0 Å². The molecule has 0 radical (unpaired) electrons. The summed E-state index contributed by atoms with van der Waals surface area (Å²) in [7, 11) is 0. The number of benzene rings is 2. The molecule has 6 heteroatoms. The summed E-state index contributed by atoms with van der Waals surface area (Å²) in [5, 5.41) is 0.0820. The predicted octanol–water partition coefficient (Wildman–Crippen LogP) is 4.65. The summed E-state index contributed by atoms with van der Waals surface area (Å²) in [6, 6.07) is 6.08. The summed E-state index contributed by atoms with van der Waals surface area (Å²) in [6.07, 6.45) is 0. The molecule has 0 aliphatic carbocycles. The first-order valence-electron chi connectivity index (χ1n) is 4.85. The lowest BCUT2D eigenvalue weighted by Gasteiger charge is -2.10. The van der Waals surface area contributed by atoms with E-state index in [0.29, 0.717) is 0 Å². The van der Waals surface area contributed by atoms with Crippen LogP contribution in [-0.2, 0) is 0 Å². The van der Waals surface area contributed by atoms with Crippen molar-refractivity contribution < 1.29 is 13.5 Å². The van der Waals surface area contributed by atoms with Crippen molar-refractivity contribution in [3.63, 3.8) is 0 Å². The summed E-state index contributed by atoms with van der Waals surface area (Å²) >= 11 is 11.2. The zero-order chi connectivity index (χ0) is 13.3. The number of nitrogen functional groups attached to an aromatic ring is 1. The van der Waals surface area contributed by atoms with E-state index >= 15 is 0 Å². The van der Waals surface area contributed by atoms with Crippen molar-refractivity contribution in [2.75, 3.05) is 5.73 Å². The molecule has 0 amide bonds. The van der Waals surface area contributed by atoms with Crippen LogP contribution < -0.4 is 10.5 Å². The van der Waals surface area contributed by atoms with Gasteiger partial charge in [0.2, 0.25) is 0 Å². The molecule has 0 saturated carbocycles. The fraction of sp³-hybridized carbons (Fsp3) is 0. The Labute approximate surface area is 112 Å². The third-order valence-electron chi connectivity index (χ3n) is 2.17. The van der Waals surface area contributed by atoms with Crippen LogP contribution in [0.25, 0.3) is 0 Å². The Balaban J connectivity index is 2.37. The van der Waals surface area contributed by atoms with Gasteiger partial charge in [0.05, 0.1) is 10.7 Å². The summed E-state index contributed by atoms with van der Waals surface area (Å²) < 4.78 is 31.8. The molecule has 0 fully saturated rings. The van der Waals surface area contributed by atoms with Gasteiger partial charge in [-0.1, -0.05) is 23.2 Å². The van der Waals surface area contributed by atoms with E-state index in [2.05, 4.69) is 0 Å². The molecule has 2 aromatic rings. The van der Waals surface area contributed by atoms with Gasteiger partial charge in [0.25, 0.3) is 0 Å². The Morgan fingerprint density at radius 1 is 0.944 bits per heavy atom. The normalized spacial score (nSPS) is 10.4. The molecule has 2 aromatic carbocycles. The average Bonchev–Trinajstić information content (AvgIpc) is 2.29. The van der Waals surface area contributed by atoms with E-state index in [0.717, 1.165) is 12.1 Å². The molecule has 94 valence electrons.